The van der Waals surface area contributed by atoms with Crippen molar-refractivity contribution in [3.05, 3.63) is 16.5 Å². The predicted octanol–water partition coefficient (Wildman–Crippen LogP) is 1.75. The summed E-state index contributed by atoms with van der Waals surface area (Å²) in [6.07, 6.45) is 0. The summed E-state index contributed by atoms with van der Waals surface area (Å²) in [5.41, 5.74) is 0.221. The Bertz CT molecular complexity index is 459. The molecule has 16 heavy (non-hydrogen) atoms. The van der Waals surface area contributed by atoms with Crippen LogP contribution in [0.25, 0.3) is 0 Å². The highest BCUT2D eigenvalue weighted by Gasteiger charge is 2.17. The van der Waals surface area contributed by atoms with E-state index in [0.717, 1.165) is 11.3 Å². The standard InChI is InChI=1S/C10H10N2O3S/c1-3-15-10(14)8-4-7(5-11)16-9(8)12-6(2)13/h4H,3H2,1-2H3,(H,12,13). The van der Waals surface area contributed by atoms with Gasteiger partial charge < -0.3 is 10.1 Å². The molecule has 0 bridgehead atoms. The van der Waals surface area contributed by atoms with E-state index in [9.17, 15) is 9.59 Å². The molecule has 0 spiro atoms. The average molecular weight is 238 g/mol. The Hall–Kier alpha value is -1.87. The summed E-state index contributed by atoms with van der Waals surface area (Å²) in [6, 6.07) is 3.33. The molecule has 1 heterocycles. The van der Waals surface area contributed by atoms with Crippen LogP contribution in [0.15, 0.2) is 6.07 Å². The van der Waals surface area contributed by atoms with Crippen LogP contribution in [0.2, 0.25) is 0 Å². The number of hydrogen-bond acceptors (Lipinski definition) is 5. The maximum absolute atomic E-state index is 11.5. The Morgan fingerprint density at radius 2 is 2.31 bits per heavy atom. The Labute approximate surface area is 96.6 Å². The van der Waals surface area contributed by atoms with Crippen molar-refractivity contribution in [3.8, 4) is 6.07 Å². The van der Waals surface area contributed by atoms with E-state index in [2.05, 4.69) is 5.32 Å². The molecule has 5 nitrogen and oxygen atoms in total. The Morgan fingerprint density at radius 1 is 1.62 bits per heavy atom. The van der Waals surface area contributed by atoms with Gasteiger partial charge in [-0.1, -0.05) is 0 Å². The molecule has 0 aliphatic heterocycles. The Morgan fingerprint density at radius 3 is 2.81 bits per heavy atom. The van der Waals surface area contributed by atoms with Crippen molar-refractivity contribution >= 4 is 28.2 Å². The third kappa shape index (κ3) is 2.81. The van der Waals surface area contributed by atoms with Crippen LogP contribution in [0.1, 0.15) is 29.1 Å². The molecule has 84 valence electrons. The second-order valence-electron chi connectivity index (χ2n) is 2.87. The zero-order valence-electron chi connectivity index (χ0n) is 8.86. The lowest BCUT2D eigenvalue weighted by Crippen LogP contribution is -2.10. The topological polar surface area (TPSA) is 79.2 Å². The van der Waals surface area contributed by atoms with Gasteiger partial charge in [0.1, 0.15) is 15.9 Å². The molecule has 0 saturated carbocycles. The quantitative estimate of drug-likeness (QED) is 0.813. The predicted molar refractivity (Wildman–Crippen MR) is 59.3 cm³/mol. The van der Waals surface area contributed by atoms with Crippen LogP contribution >= 0.6 is 11.3 Å². The number of rotatable bonds is 3. The van der Waals surface area contributed by atoms with E-state index >= 15 is 0 Å². The molecule has 0 radical (unpaired) electrons. The molecule has 1 aromatic rings. The van der Waals surface area contributed by atoms with E-state index in [4.69, 9.17) is 10.00 Å². The minimum absolute atomic E-state index is 0.221. The summed E-state index contributed by atoms with van der Waals surface area (Å²) < 4.78 is 4.82. The fraction of sp³-hybridized carbons (Fsp3) is 0.300. The molecule has 1 rings (SSSR count). The molecule has 0 atom stereocenters. The first-order valence-corrected chi connectivity index (χ1v) is 5.38. The number of thiophene rings is 1. The first-order valence-electron chi connectivity index (χ1n) is 4.57. The van der Waals surface area contributed by atoms with Gasteiger partial charge in [0.25, 0.3) is 0 Å². The van der Waals surface area contributed by atoms with Crippen LogP contribution < -0.4 is 5.32 Å². The third-order valence-corrected chi connectivity index (χ3v) is 2.58. The molecule has 0 aliphatic carbocycles. The van der Waals surface area contributed by atoms with Crippen molar-refractivity contribution in [1.82, 2.24) is 0 Å². The number of anilines is 1. The second kappa shape index (κ2) is 5.28. The van der Waals surface area contributed by atoms with E-state index in [1.807, 2.05) is 6.07 Å². The second-order valence-corrected chi connectivity index (χ2v) is 3.92. The monoisotopic (exact) mass is 238 g/mol. The highest BCUT2D eigenvalue weighted by Crippen LogP contribution is 2.28. The summed E-state index contributed by atoms with van der Waals surface area (Å²) in [4.78, 5) is 22.8. The van der Waals surface area contributed by atoms with E-state index in [1.54, 1.807) is 6.92 Å². The van der Waals surface area contributed by atoms with Crippen LogP contribution in [0.3, 0.4) is 0 Å². The molecule has 0 unspecified atom stereocenters. The normalized spacial score (nSPS) is 9.31. The van der Waals surface area contributed by atoms with Gasteiger partial charge in [-0.3, -0.25) is 4.79 Å². The fourth-order valence-corrected chi connectivity index (χ4v) is 1.95. The van der Waals surface area contributed by atoms with E-state index in [1.165, 1.54) is 13.0 Å². The molecular weight excluding hydrogens is 228 g/mol. The van der Waals surface area contributed by atoms with Crippen LogP contribution in [0.4, 0.5) is 5.00 Å². The van der Waals surface area contributed by atoms with Crippen molar-refractivity contribution < 1.29 is 14.3 Å². The van der Waals surface area contributed by atoms with E-state index in [-0.39, 0.29) is 18.1 Å². The Balaban J connectivity index is 3.05. The molecule has 0 aromatic carbocycles. The molecule has 1 aromatic heterocycles. The van der Waals surface area contributed by atoms with E-state index in [0.29, 0.717) is 9.88 Å². The van der Waals surface area contributed by atoms with Gasteiger partial charge in [-0.25, -0.2) is 4.79 Å². The smallest absolute Gasteiger partial charge is 0.341 e. The molecule has 0 aliphatic rings. The maximum atomic E-state index is 11.5. The molecule has 1 amide bonds. The SMILES string of the molecule is CCOC(=O)c1cc(C#N)sc1NC(C)=O. The van der Waals surface area contributed by atoms with Crippen molar-refractivity contribution in [3.63, 3.8) is 0 Å². The Kier molecular flexibility index (Phi) is 4.03. The average Bonchev–Trinajstić information content (AvgIpc) is 2.60. The van der Waals surface area contributed by atoms with Crippen LogP contribution in [-0.2, 0) is 9.53 Å². The van der Waals surface area contributed by atoms with Gasteiger partial charge in [0, 0.05) is 6.92 Å². The molecule has 1 N–H and O–H groups in total. The van der Waals surface area contributed by atoms with Gasteiger partial charge >= 0.3 is 5.97 Å². The number of amides is 1. The molecule has 0 saturated heterocycles. The van der Waals surface area contributed by atoms with Crippen molar-refractivity contribution in [1.29, 1.82) is 5.26 Å². The van der Waals surface area contributed by atoms with Gasteiger partial charge in [-0.15, -0.1) is 11.3 Å². The molecule has 6 heteroatoms. The van der Waals surface area contributed by atoms with Gasteiger partial charge in [0.15, 0.2) is 0 Å². The summed E-state index contributed by atoms with van der Waals surface area (Å²) in [7, 11) is 0. The van der Waals surface area contributed by atoms with Crippen LogP contribution in [0.5, 0.6) is 0 Å². The fourth-order valence-electron chi connectivity index (χ4n) is 1.06. The summed E-state index contributed by atoms with van der Waals surface area (Å²) in [6.45, 7) is 3.27. The number of carbonyl (C=O) groups excluding carboxylic acids is 2. The van der Waals surface area contributed by atoms with Crippen LogP contribution in [0, 0.1) is 11.3 Å². The van der Waals surface area contributed by atoms with Gasteiger partial charge in [-0.05, 0) is 13.0 Å². The van der Waals surface area contributed by atoms with Gasteiger partial charge in [0.05, 0.1) is 12.2 Å². The highest BCUT2D eigenvalue weighted by atomic mass is 32.1. The number of hydrogen-bond donors (Lipinski definition) is 1. The molecule has 0 fully saturated rings. The van der Waals surface area contributed by atoms with Crippen molar-refractivity contribution in [2.75, 3.05) is 11.9 Å². The van der Waals surface area contributed by atoms with Crippen molar-refractivity contribution in [2.24, 2.45) is 0 Å². The van der Waals surface area contributed by atoms with Gasteiger partial charge in [0.2, 0.25) is 5.91 Å². The third-order valence-electron chi connectivity index (χ3n) is 1.63. The lowest BCUT2D eigenvalue weighted by atomic mass is 10.3. The minimum atomic E-state index is -0.538. The van der Waals surface area contributed by atoms with E-state index < -0.39 is 5.97 Å². The van der Waals surface area contributed by atoms with Gasteiger partial charge in [-0.2, -0.15) is 5.26 Å². The minimum Gasteiger partial charge on any atom is -0.462 e. The number of nitrogens with zero attached hydrogens (tertiary/aromatic N) is 1. The zero-order chi connectivity index (χ0) is 12.1. The first kappa shape index (κ1) is 12.2. The summed E-state index contributed by atoms with van der Waals surface area (Å²) >= 11 is 1.05. The number of carbonyl (C=O) groups is 2. The number of nitriles is 1. The van der Waals surface area contributed by atoms with Crippen molar-refractivity contribution in [2.45, 2.75) is 13.8 Å². The first-order chi connectivity index (χ1) is 7.58. The lowest BCUT2D eigenvalue weighted by molar-refractivity contribution is -0.114. The summed E-state index contributed by atoms with van der Waals surface area (Å²) in [5, 5.41) is 11.6. The maximum Gasteiger partial charge on any atom is 0.341 e. The summed E-state index contributed by atoms with van der Waals surface area (Å²) in [5.74, 6) is -0.833. The lowest BCUT2D eigenvalue weighted by Gasteiger charge is -2.02. The molecular formula is C10H10N2O3S. The number of ether oxygens (including phenoxy) is 1. The largest absolute Gasteiger partial charge is 0.462 e. The number of esters is 1. The van der Waals surface area contributed by atoms with Crippen LogP contribution in [-0.4, -0.2) is 18.5 Å². The zero-order valence-corrected chi connectivity index (χ0v) is 9.68. The number of nitrogens with one attached hydrogen (secondary N) is 1. The highest BCUT2D eigenvalue weighted by molar-refractivity contribution is 7.17.